The van der Waals surface area contributed by atoms with Crippen LogP contribution in [0.15, 0.2) is 48.0 Å². The fraction of sp³-hybridized carbons (Fsp3) is 0.304. The Kier molecular flexibility index (Phi) is 5.75. The minimum absolute atomic E-state index is 0.0719. The van der Waals surface area contributed by atoms with Crippen molar-refractivity contribution in [2.24, 2.45) is 0 Å². The van der Waals surface area contributed by atoms with E-state index in [0.29, 0.717) is 24.2 Å². The zero-order valence-electron chi connectivity index (χ0n) is 17.1. The normalized spacial score (nSPS) is 18.7. The molecule has 6 heteroatoms. The van der Waals surface area contributed by atoms with E-state index in [4.69, 9.17) is 0 Å². The molecule has 1 aliphatic heterocycles. The van der Waals surface area contributed by atoms with Gasteiger partial charge >= 0.3 is 0 Å². The average Bonchev–Trinajstić information content (AvgIpc) is 2.93. The van der Waals surface area contributed by atoms with E-state index in [-0.39, 0.29) is 17.1 Å². The molecule has 0 aliphatic carbocycles. The Morgan fingerprint density at radius 3 is 2.28 bits per heavy atom. The number of aromatic hydroxyl groups is 1. The van der Waals surface area contributed by atoms with Gasteiger partial charge in [-0.2, -0.15) is 0 Å². The van der Waals surface area contributed by atoms with Crippen LogP contribution in [0.3, 0.4) is 0 Å². The summed E-state index contributed by atoms with van der Waals surface area (Å²) in [5.74, 6) is -1.42. The molecule has 0 bridgehead atoms. The second-order valence-corrected chi connectivity index (χ2v) is 7.69. The molecule has 0 spiro atoms. The highest BCUT2D eigenvalue weighted by Crippen LogP contribution is 2.39. The van der Waals surface area contributed by atoms with Crippen molar-refractivity contribution in [3.05, 3.63) is 70.3 Å². The van der Waals surface area contributed by atoms with Crippen LogP contribution >= 0.6 is 0 Å². The van der Waals surface area contributed by atoms with Gasteiger partial charge in [0.15, 0.2) is 0 Å². The first-order valence-corrected chi connectivity index (χ1v) is 9.50. The SMILES string of the molecule is Cc1ccc(/C(O)=C2/C(=O)C(=O)N(CCN(C)C)C2c2ccc(O)cc2)cc1C. The molecule has 1 saturated heterocycles. The van der Waals surface area contributed by atoms with Crippen LogP contribution in [0.5, 0.6) is 5.75 Å². The number of carbonyl (C=O) groups excluding carboxylic acids is 2. The number of likely N-dealkylation sites (tertiary alicyclic amines) is 1. The summed E-state index contributed by atoms with van der Waals surface area (Å²) in [5, 5.41) is 20.7. The number of aliphatic hydroxyl groups excluding tert-OH is 1. The molecule has 2 aromatic carbocycles. The Bertz CT molecular complexity index is 977. The van der Waals surface area contributed by atoms with Gasteiger partial charge in [-0.3, -0.25) is 9.59 Å². The van der Waals surface area contributed by atoms with Gasteiger partial charge in [-0.1, -0.05) is 24.3 Å². The summed E-state index contributed by atoms with van der Waals surface area (Å²) in [7, 11) is 3.78. The minimum atomic E-state index is -0.711. The number of nitrogens with zero attached hydrogens (tertiary/aromatic N) is 2. The molecule has 1 amide bonds. The number of benzene rings is 2. The van der Waals surface area contributed by atoms with Gasteiger partial charge in [-0.15, -0.1) is 0 Å². The zero-order valence-corrected chi connectivity index (χ0v) is 17.1. The highest BCUT2D eigenvalue weighted by atomic mass is 16.3. The molecule has 1 unspecified atom stereocenters. The average molecular weight is 394 g/mol. The van der Waals surface area contributed by atoms with Crippen LogP contribution in [-0.2, 0) is 9.59 Å². The lowest BCUT2D eigenvalue weighted by Crippen LogP contribution is -2.35. The third kappa shape index (κ3) is 4.03. The van der Waals surface area contributed by atoms with Gasteiger partial charge in [0.25, 0.3) is 11.7 Å². The monoisotopic (exact) mass is 394 g/mol. The van der Waals surface area contributed by atoms with Gasteiger partial charge in [0.2, 0.25) is 0 Å². The van der Waals surface area contributed by atoms with Crippen molar-refractivity contribution >= 4 is 17.4 Å². The molecule has 1 heterocycles. The van der Waals surface area contributed by atoms with E-state index >= 15 is 0 Å². The van der Waals surface area contributed by atoms with Gasteiger partial charge in [-0.25, -0.2) is 0 Å². The quantitative estimate of drug-likeness (QED) is 0.463. The molecule has 1 fully saturated rings. The lowest BCUT2D eigenvalue weighted by molar-refractivity contribution is -0.140. The first-order valence-electron chi connectivity index (χ1n) is 9.50. The van der Waals surface area contributed by atoms with Gasteiger partial charge in [0.05, 0.1) is 11.6 Å². The Morgan fingerprint density at radius 1 is 1.03 bits per heavy atom. The molecule has 2 aromatic rings. The van der Waals surface area contributed by atoms with Crippen molar-refractivity contribution in [1.82, 2.24) is 9.80 Å². The van der Waals surface area contributed by atoms with E-state index in [9.17, 15) is 19.8 Å². The van der Waals surface area contributed by atoms with E-state index in [2.05, 4.69) is 0 Å². The number of hydrogen-bond acceptors (Lipinski definition) is 5. The summed E-state index contributed by atoms with van der Waals surface area (Å²) in [4.78, 5) is 29.1. The fourth-order valence-corrected chi connectivity index (χ4v) is 3.47. The first-order chi connectivity index (χ1) is 13.7. The van der Waals surface area contributed by atoms with Crippen molar-refractivity contribution in [2.45, 2.75) is 19.9 Å². The molecule has 0 radical (unpaired) electrons. The molecule has 0 saturated carbocycles. The maximum absolute atomic E-state index is 12.9. The van der Waals surface area contributed by atoms with Crippen molar-refractivity contribution in [3.63, 3.8) is 0 Å². The molecular formula is C23H26N2O4. The lowest BCUT2D eigenvalue weighted by Gasteiger charge is -2.26. The molecular weight excluding hydrogens is 368 g/mol. The van der Waals surface area contributed by atoms with Gasteiger partial charge in [0.1, 0.15) is 11.5 Å². The minimum Gasteiger partial charge on any atom is -0.508 e. The van der Waals surface area contributed by atoms with Crippen molar-refractivity contribution in [3.8, 4) is 5.75 Å². The highest BCUT2D eigenvalue weighted by Gasteiger charge is 2.45. The zero-order chi connectivity index (χ0) is 21.3. The highest BCUT2D eigenvalue weighted by molar-refractivity contribution is 6.46. The number of phenolic OH excluding ortho intramolecular Hbond substituents is 1. The number of aryl methyl sites for hydroxylation is 2. The number of carbonyl (C=O) groups is 2. The largest absolute Gasteiger partial charge is 0.508 e. The Balaban J connectivity index is 2.15. The van der Waals surface area contributed by atoms with Crippen LogP contribution in [0.4, 0.5) is 0 Å². The third-order valence-corrected chi connectivity index (χ3v) is 5.32. The van der Waals surface area contributed by atoms with Gasteiger partial charge in [-0.05, 0) is 62.8 Å². The number of ketones is 1. The standard InChI is InChI=1S/C23H26N2O4/c1-14-5-6-17(13-15(14)2)21(27)19-20(16-7-9-18(26)10-8-16)25(12-11-24(3)4)23(29)22(19)28/h5-10,13,20,26-27H,11-12H2,1-4H3/b21-19-. The van der Waals surface area contributed by atoms with E-state index < -0.39 is 17.7 Å². The topological polar surface area (TPSA) is 81.1 Å². The van der Waals surface area contributed by atoms with Crippen molar-refractivity contribution < 1.29 is 19.8 Å². The number of Topliss-reactive ketones (excluding diaryl/α,β-unsaturated/α-hetero) is 1. The summed E-state index contributed by atoms with van der Waals surface area (Å²) in [6.07, 6.45) is 0. The van der Waals surface area contributed by atoms with Crippen molar-refractivity contribution in [1.29, 1.82) is 0 Å². The maximum atomic E-state index is 12.9. The van der Waals surface area contributed by atoms with Crippen molar-refractivity contribution in [2.75, 3.05) is 27.2 Å². The summed E-state index contributed by atoms with van der Waals surface area (Å²) < 4.78 is 0. The second-order valence-electron chi connectivity index (χ2n) is 7.69. The molecule has 2 N–H and O–H groups in total. The first kappa shape index (κ1) is 20.6. The number of amides is 1. The van der Waals surface area contributed by atoms with Gasteiger partial charge in [0, 0.05) is 18.7 Å². The Labute approximate surface area is 170 Å². The number of likely N-dealkylation sites (N-methyl/N-ethyl adjacent to an activating group) is 1. The molecule has 6 nitrogen and oxygen atoms in total. The Hall–Kier alpha value is -3.12. The van der Waals surface area contributed by atoms with E-state index in [1.54, 1.807) is 18.2 Å². The predicted octanol–water partition coefficient (Wildman–Crippen LogP) is 2.99. The smallest absolute Gasteiger partial charge is 0.295 e. The van der Waals surface area contributed by atoms with Crippen LogP contribution in [-0.4, -0.2) is 58.9 Å². The third-order valence-electron chi connectivity index (χ3n) is 5.32. The maximum Gasteiger partial charge on any atom is 0.295 e. The van der Waals surface area contributed by atoms with Crippen LogP contribution in [0, 0.1) is 13.8 Å². The second kappa shape index (κ2) is 8.09. The van der Waals surface area contributed by atoms with Gasteiger partial charge < -0.3 is 20.0 Å². The molecule has 3 rings (SSSR count). The summed E-state index contributed by atoms with van der Waals surface area (Å²) in [6.45, 7) is 4.81. The predicted molar refractivity (Wildman–Crippen MR) is 112 cm³/mol. The molecule has 152 valence electrons. The van der Waals surface area contributed by atoms with E-state index in [0.717, 1.165) is 11.1 Å². The van der Waals surface area contributed by atoms with E-state index in [1.807, 2.05) is 45.0 Å². The lowest BCUT2D eigenvalue weighted by atomic mass is 9.94. The summed E-state index contributed by atoms with van der Waals surface area (Å²) in [6, 6.07) is 11.1. The van der Waals surface area contributed by atoms with Crippen LogP contribution in [0.1, 0.15) is 28.3 Å². The van der Waals surface area contributed by atoms with Crippen LogP contribution < -0.4 is 0 Å². The fourth-order valence-electron chi connectivity index (χ4n) is 3.47. The number of aliphatic hydroxyl groups is 1. The van der Waals surface area contributed by atoms with Crippen LogP contribution in [0.25, 0.3) is 5.76 Å². The summed E-state index contributed by atoms with van der Waals surface area (Å²) in [5.41, 5.74) is 3.29. The summed E-state index contributed by atoms with van der Waals surface area (Å²) >= 11 is 0. The molecule has 29 heavy (non-hydrogen) atoms. The Morgan fingerprint density at radius 2 is 1.69 bits per heavy atom. The number of rotatable bonds is 5. The molecule has 1 aliphatic rings. The van der Waals surface area contributed by atoms with E-state index in [1.165, 1.54) is 17.0 Å². The molecule has 1 atom stereocenters. The number of hydrogen-bond donors (Lipinski definition) is 2. The number of phenols is 1. The van der Waals surface area contributed by atoms with Crippen LogP contribution in [0.2, 0.25) is 0 Å². The molecule has 0 aromatic heterocycles.